The van der Waals surface area contributed by atoms with E-state index in [1.807, 2.05) is 24.3 Å². The quantitative estimate of drug-likeness (QED) is 0.580. The highest BCUT2D eigenvalue weighted by Gasteiger charge is 2.02. The van der Waals surface area contributed by atoms with E-state index in [1.165, 1.54) is 11.1 Å². The standard InChI is InChI=1S/C22H14/c1-3-17-8-12-19(13-9-17)21-6-5-7-22(16-21)20-14-10-18(4-2)11-15-20/h1-2,5-16H. The zero-order chi connectivity index (χ0) is 15.4. The van der Waals surface area contributed by atoms with Crippen LogP contribution in [0.3, 0.4) is 0 Å². The van der Waals surface area contributed by atoms with Crippen LogP contribution in [0, 0.1) is 24.7 Å². The largest absolute Gasteiger partial charge is 0.115 e. The molecule has 3 rings (SSSR count). The second-order valence-electron chi connectivity index (χ2n) is 5.02. The first-order valence-corrected chi connectivity index (χ1v) is 7.04. The van der Waals surface area contributed by atoms with Gasteiger partial charge < -0.3 is 0 Å². The molecule has 0 heterocycles. The van der Waals surface area contributed by atoms with Gasteiger partial charge in [0.1, 0.15) is 0 Å². The molecule has 0 saturated carbocycles. The van der Waals surface area contributed by atoms with Gasteiger partial charge in [-0.1, -0.05) is 54.3 Å². The van der Waals surface area contributed by atoms with E-state index in [4.69, 9.17) is 12.8 Å². The average molecular weight is 278 g/mol. The Bertz CT molecular complexity index is 794. The van der Waals surface area contributed by atoms with Gasteiger partial charge in [0.2, 0.25) is 0 Å². The lowest BCUT2D eigenvalue weighted by atomic mass is 9.98. The molecule has 0 atom stereocenters. The van der Waals surface area contributed by atoms with Crippen molar-refractivity contribution in [2.45, 2.75) is 0 Å². The molecule has 0 aliphatic rings. The molecule has 102 valence electrons. The highest BCUT2D eigenvalue weighted by atomic mass is 14.1. The summed E-state index contributed by atoms with van der Waals surface area (Å²) in [5.74, 6) is 5.28. The van der Waals surface area contributed by atoms with Crippen molar-refractivity contribution in [1.29, 1.82) is 0 Å². The van der Waals surface area contributed by atoms with Crippen molar-refractivity contribution in [3.05, 3.63) is 83.9 Å². The van der Waals surface area contributed by atoms with E-state index in [0.29, 0.717) is 0 Å². The van der Waals surface area contributed by atoms with Crippen molar-refractivity contribution in [2.24, 2.45) is 0 Å². The van der Waals surface area contributed by atoms with Crippen LogP contribution in [-0.2, 0) is 0 Å². The molecule has 0 amide bonds. The van der Waals surface area contributed by atoms with E-state index in [1.54, 1.807) is 0 Å². The fourth-order valence-corrected chi connectivity index (χ4v) is 2.40. The van der Waals surface area contributed by atoms with Gasteiger partial charge in [0.15, 0.2) is 0 Å². The molecule has 3 aromatic rings. The summed E-state index contributed by atoms with van der Waals surface area (Å²) in [4.78, 5) is 0. The highest BCUT2D eigenvalue weighted by molar-refractivity contribution is 5.73. The second kappa shape index (κ2) is 6.04. The number of terminal acetylenes is 2. The van der Waals surface area contributed by atoms with Crippen LogP contribution in [0.25, 0.3) is 22.3 Å². The number of rotatable bonds is 2. The monoisotopic (exact) mass is 278 g/mol. The van der Waals surface area contributed by atoms with E-state index >= 15 is 0 Å². The fraction of sp³-hybridized carbons (Fsp3) is 0. The Hall–Kier alpha value is -3.22. The maximum atomic E-state index is 5.40. The lowest BCUT2D eigenvalue weighted by Gasteiger charge is -2.06. The summed E-state index contributed by atoms with van der Waals surface area (Å²) in [5.41, 5.74) is 6.43. The summed E-state index contributed by atoms with van der Waals surface area (Å²) in [6.07, 6.45) is 10.8. The zero-order valence-corrected chi connectivity index (χ0v) is 12.1. The zero-order valence-electron chi connectivity index (χ0n) is 12.1. The van der Waals surface area contributed by atoms with Crippen LogP contribution < -0.4 is 0 Å². The minimum Gasteiger partial charge on any atom is -0.115 e. The average Bonchev–Trinajstić information content (AvgIpc) is 2.62. The van der Waals surface area contributed by atoms with E-state index in [0.717, 1.165) is 22.3 Å². The lowest BCUT2D eigenvalue weighted by molar-refractivity contribution is 1.57. The van der Waals surface area contributed by atoms with Crippen molar-refractivity contribution in [2.75, 3.05) is 0 Å². The topological polar surface area (TPSA) is 0 Å². The Balaban J connectivity index is 1.98. The smallest absolute Gasteiger partial charge is 0.0243 e. The third kappa shape index (κ3) is 2.78. The summed E-state index contributed by atoms with van der Waals surface area (Å²) < 4.78 is 0. The maximum absolute atomic E-state index is 5.40. The second-order valence-corrected chi connectivity index (χ2v) is 5.02. The normalized spacial score (nSPS) is 9.73. The van der Waals surface area contributed by atoms with Crippen molar-refractivity contribution in [3.63, 3.8) is 0 Å². The lowest BCUT2D eigenvalue weighted by Crippen LogP contribution is -1.83. The Morgan fingerprint density at radius 3 is 1.27 bits per heavy atom. The molecule has 3 aromatic carbocycles. The van der Waals surface area contributed by atoms with Gasteiger partial charge in [0, 0.05) is 11.1 Å². The van der Waals surface area contributed by atoms with Crippen LogP contribution in [0.5, 0.6) is 0 Å². The van der Waals surface area contributed by atoms with Gasteiger partial charge in [-0.25, -0.2) is 0 Å². The van der Waals surface area contributed by atoms with Crippen LogP contribution in [0.1, 0.15) is 11.1 Å². The molecule has 0 bridgehead atoms. The van der Waals surface area contributed by atoms with E-state index in [9.17, 15) is 0 Å². The van der Waals surface area contributed by atoms with Crippen molar-refractivity contribution in [1.82, 2.24) is 0 Å². The highest BCUT2D eigenvalue weighted by Crippen LogP contribution is 2.26. The molecule has 22 heavy (non-hydrogen) atoms. The molecule has 0 aliphatic heterocycles. The molecule has 0 aliphatic carbocycles. The minimum atomic E-state index is 0.893. The number of hydrogen-bond donors (Lipinski definition) is 0. The summed E-state index contributed by atoms with van der Waals surface area (Å²) in [5, 5.41) is 0. The third-order valence-corrected chi connectivity index (χ3v) is 3.63. The van der Waals surface area contributed by atoms with Crippen molar-refractivity contribution < 1.29 is 0 Å². The molecule has 0 N–H and O–H groups in total. The predicted molar refractivity (Wildman–Crippen MR) is 93.2 cm³/mol. The number of benzene rings is 3. The first kappa shape index (κ1) is 13.7. The Morgan fingerprint density at radius 1 is 0.500 bits per heavy atom. The first-order valence-electron chi connectivity index (χ1n) is 7.04. The van der Waals surface area contributed by atoms with Gasteiger partial charge in [0.25, 0.3) is 0 Å². The first-order chi connectivity index (χ1) is 10.8. The van der Waals surface area contributed by atoms with Crippen LogP contribution in [0.4, 0.5) is 0 Å². The van der Waals surface area contributed by atoms with Crippen LogP contribution in [0.2, 0.25) is 0 Å². The molecule has 0 fully saturated rings. The molecule has 0 aromatic heterocycles. The summed E-state index contributed by atoms with van der Waals surface area (Å²) >= 11 is 0. The molecule has 0 spiro atoms. The maximum Gasteiger partial charge on any atom is 0.0243 e. The third-order valence-electron chi connectivity index (χ3n) is 3.63. The van der Waals surface area contributed by atoms with E-state index in [-0.39, 0.29) is 0 Å². The summed E-state index contributed by atoms with van der Waals surface area (Å²) in [6, 6.07) is 24.5. The summed E-state index contributed by atoms with van der Waals surface area (Å²) in [6.45, 7) is 0. The van der Waals surface area contributed by atoms with Crippen LogP contribution in [-0.4, -0.2) is 0 Å². The number of hydrogen-bond acceptors (Lipinski definition) is 0. The van der Waals surface area contributed by atoms with E-state index < -0.39 is 0 Å². The Morgan fingerprint density at radius 2 is 0.909 bits per heavy atom. The van der Waals surface area contributed by atoms with Crippen molar-refractivity contribution in [3.8, 4) is 46.9 Å². The molecule has 0 heteroatoms. The minimum absolute atomic E-state index is 0.893. The molecule has 0 nitrogen and oxygen atoms in total. The molecule has 0 saturated heterocycles. The fourth-order valence-electron chi connectivity index (χ4n) is 2.40. The van der Waals surface area contributed by atoms with Crippen LogP contribution >= 0.6 is 0 Å². The molecular formula is C22H14. The Labute approximate surface area is 131 Å². The molecule has 0 unspecified atom stereocenters. The van der Waals surface area contributed by atoms with Gasteiger partial charge in [-0.2, -0.15) is 0 Å². The van der Waals surface area contributed by atoms with Gasteiger partial charge in [-0.05, 0) is 52.6 Å². The molecule has 0 radical (unpaired) electrons. The van der Waals surface area contributed by atoms with Gasteiger partial charge in [-0.15, -0.1) is 12.8 Å². The Kier molecular flexibility index (Phi) is 3.78. The summed E-state index contributed by atoms with van der Waals surface area (Å²) in [7, 11) is 0. The molecular weight excluding hydrogens is 264 g/mol. The van der Waals surface area contributed by atoms with Gasteiger partial charge in [0.05, 0.1) is 0 Å². The van der Waals surface area contributed by atoms with Gasteiger partial charge >= 0.3 is 0 Å². The van der Waals surface area contributed by atoms with Crippen LogP contribution in [0.15, 0.2) is 72.8 Å². The SMILES string of the molecule is C#Cc1ccc(-c2cccc(-c3ccc(C#C)cc3)c2)cc1. The van der Waals surface area contributed by atoms with Gasteiger partial charge in [-0.3, -0.25) is 0 Å². The van der Waals surface area contributed by atoms with Crippen molar-refractivity contribution >= 4 is 0 Å². The predicted octanol–water partition coefficient (Wildman–Crippen LogP) is 4.98. The van der Waals surface area contributed by atoms with E-state index in [2.05, 4.69) is 60.4 Å².